The molecule has 0 unspecified atom stereocenters. The Morgan fingerprint density at radius 1 is 0.809 bits per heavy atom. The Labute approximate surface area is 305 Å². The Hall–Kier alpha value is -2.90. The van der Waals surface area contributed by atoms with Crippen LogP contribution in [-0.4, -0.2) is 67.6 Å². The number of para-hydroxylation sites is 1. The van der Waals surface area contributed by atoms with Gasteiger partial charge in [-0.1, -0.05) is 64.7 Å². The van der Waals surface area contributed by atoms with Crippen LogP contribution in [0.5, 0.6) is 0 Å². The Morgan fingerprint density at radius 3 is 2.02 bits per heavy atom. The predicted molar refractivity (Wildman–Crippen MR) is 176 cm³/mol. The normalized spacial score (nSPS) is 10.5. The van der Waals surface area contributed by atoms with E-state index in [9.17, 15) is 14.4 Å². The standard InChI is InChI=1S/C29H40N8O3.3CH4.4ClH/c30-14-17-37(18-15-31)29(40)33-16-6-10-24(32)27(38)36-26(13-12-21-7-2-1-3-8-21)28(39)35-23-19-22-9-4-5-11-25(22)34-20-23;;;;;;;/h1-5,7-9,11,19-20,24,26H,6,10,12-18,30-32H2,(H,33,40)(H,35,39)(H,36,38);3*1H4;4*1H/p-3/t24-,26+;;;;;;;/m0......./s1. The molecule has 1 aromatic heterocycles. The first-order valence-electron chi connectivity index (χ1n) is 13.7. The number of hydrogen-bond acceptors (Lipinski definition) is 6. The van der Waals surface area contributed by atoms with E-state index < -0.39 is 18.0 Å². The zero-order chi connectivity index (χ0) is 28.7. The van der Waals surface area contributed by atoms with Crippen molar-refractivity contribution >= 4 is 34.4 Å². The number of pyridine rings is 1. The summed E-state index contributed by atoms with van der Waals surface area (Å²) in [6.07, 6.45) is 3.56. The topological polar surface area (TPSA) is 183 Å². The lowest BCUT2D eigenvalue weighted by atomic mass is 10.0. The highest BCUT2D eigenvalue weighted by molar-refractivity contribution is 5.98. The second-order valence-corrected chi connectivity index (χ2v) is 9.60. The van der Waals surface area contributed by atoms with Gasteiger partial charge in [-0.15, -0.1) is 0 Å². The molecule has 10 N–H and O–H groups in total. The molecule has 0 bridgehead atoms. The van der Waals surface area contributed by atoms with Crippen molar-refractivity contribution in [2.24, 2.45) is 17.2 Å². The van der Waals surface area contributed by atoms with E-state index in [2.05, 4.69) is 20.9 Å². The third-order valence-electron chi connectivity index (χ3n) is 6.51. The van der Waals surface area contributed by atoms with Crippen LogP contribution >= 0.6 is 0 Å². The van der Waals surface area contributed by atoms with E-state index in [0.717, 1.165) is 16.5 Å². The molecule has 0 aliphatic heterocycles. The van der Waals surface area contributed by atoms with Crippen LogP contribution in [0.4, 0.5) is 10.5 Å². The first kappa shape index (κ1) is 53.6. The number of nitrogens with zero attached hydrogens (tertiary/aromatic N) is 1. The van der Waals surface area contributed by atoms with Gasteiger partial charge >= 0.3 is 6.03 Å². The molecule has 3 rings (SSSR count). The Morgan fingerprint density at radius 2 is 1.40 bits per heavy atom. The number of aryl methyl sites for hydroxylation is 1. The number of urea groups is 1. The van der Waals surface area contributed by atoms with E-state index in [-0.39, 0.29) is 83.8 Å². The highest BCUT2D eigenvalue weighted by atomic mass is 35.5. The summed E-state index contributed by atoms with van der Waals surface area (Å²) >= 11 is 0. The molecule has 4 amide bonds. The van der Waals surface area contributed by atoms with Crippen LogP contribution in [-0.2, 0) is 16.0 Å². The van der Waals surface area contributed by atoms with Gasteiger partial charge in [0.15, 0.2) is 6.20 Å². The zero-order valence-corrected chi connectivity index (χ0v) is 27.3. The molecule has 0 saturated heterocycles. The fourth-order valence-electron chi connectivity index (χ4n) is 4.31. The van der Waals surface area contributed by atoms with E-state index in [1.807, 2.05) is 60.7 Å². The Kier molecular flexibility index (Phi) is 33.4. The minimum absolute atomic E-state index is 0. The van der Waals surface area contributed by atoms with Crippen molar-refractivity contribution in [3.8, 4) is 0 Å². The molecule has 0 aliphatic rings. The monoisotopic (exact) mass is 737 g/mol. The fraction of sp³-hybridized carbons (Fsp3) is 0.438. The first-order chi connectivity index (χ1) is 19.4. The Balaban J connectivity index is -0.000000840. The van der Waals surface area contributed by atoms with Gasteiger partial charge in [-0.3, -0.25) is 9.59 Å². The second kappa shape index (κ2) is 29.3. The maximum Gasteiger partial charge on any atom is 0.317 e. The smallest absolute Gasteiger partial charge is 0.317 e. The van der Waals surface area contributed by atoms with Crippen LogP contribution in [0.2, 0.25) is 0 Å². The number of fused-ring (bicyclic) bond motifs is 1. The molecule has 0 aliphatic carbocycles. The summed E-state index contributed by atoms with van der Waals surface area (Å²) in [5.41, 5.74) is 19.9. The maximum atomic E-state index is 13.3. The van der Waals surface area contributed by atoms with Crippen molar-refractivity contribution in [3.63, 3.8) is 0 Å². The van der Waals surface area contributed by atoms with Crippen LogP contribution < -0.4 is 87.8 Å². The summed E-state index contributed by atoms with van der Waals surface area (Å²) < 4.78 is 0. The average Bonchev–Trinajstić information content (AvgIpc) is 2.97. The molecule has 1 heterocycles. The third-order valence-corrected chi connectivity index (χ3v) is 6.51. The largest absolute Gasteiger partial charge is 1.00 e. The summed E-state index contributed by atoms with van der Waals surface area (Å²) in [6.45, 7) is 1.86. The number of anilines is 1. The average molecular weight is 740 g/mol. The highest BCUT2D eigenvalue weighted by Crippen LogP contribution is 2.15. The van der Waals surface area contributed by atoms with Gasteiger partial charge in [-0.2, -0.15) is 0 Å². The first-order valence-corrected chi connectivity index (χ1v) is 13.7. The molecule has 0 fully saturated rings. The van der Waals surface area contributed by atoms with Gasteiger partial charge in [0.25, 0.3) is 0 Å². The van der Waals surface area contributed by atoms with Gasteiger partial charge in [-0.25, -0.2) is 9.78 Å². The van der Waals surface area contributed by atoms with Gasteiger partial charge in [0.1, 0.15) is 11.7 Å². The van der Waals surface area contributed by atoms with Gasteiger partial charge in [0.2, 0.25) is 17.3 Å². The number of nitrogens with two attached hydrogens (primary N) is 3. The molecule has 15 heteroatoms. The maximum absolute atomic E-state index is 13.3. The van der Waals surface area contributed by atoms with Gasteiger partial charge in [-0.05, 0) is 43.4 Å². The van der Waals surface area contributed by atoms with E-state index in [4.69, 9.17) is 17.2 Å². The van der Waals surface area contributed by atoms with Gasteiger partial charge in [0, 0.05) is 44.2 Å². The third kappa shape index (κ3) is 18.3. The van der Waals surface area contributed by atoms with E-state index >= 15 is 0 Å². The van der Waals surface area contributed by atoms with Crippen molar-refractivity contribution in [2.45, 2.75) is 60.0 Å². The molecule has 3 aromatic rings. The van der Waals surface area contributed by atoms with Gasteiger partial charge in [0.05, 0.1) is 6.04 Å². The number of aromatic amines is 1. The molecule has 0 spiro atoms. The molecule has 270 valence electrons. The van der Waals surface area contributed by atoms with E-state index in [1.165, 1.54) is 0 Å². The van der Waals surface area contributed by atoms with Crippen LogP contribution in [0, 0.1) is 0 Å². The SMILES string of the molecule is C.C.C.NCCN(CCN)C(=O)NCCC[C@H](N)C(=O)N[C@H](CCc1ccccc1)C(=O)Nc1c[nH+]c2ccccc2c1.[Cl-].[Cl-].[Cl-].[Cl-]. The number of carbonyl (C=O) groups is 3. The number of rotatable bonds is 15. The summed E-state index contributed by atoms with van der Waals surface area (Å²) in [5, 5.41) is 9.51. The van der Waals surface area contributed by atoms with Crippen molar-refractivity contribution in [3.05, 3.63) is 72.4 Å². The minimum atomic E-state index is -0.831. The molecule has 2 atom stereocenters. The number of carbonyl (C=O) groups excluding carboxylic acids is 3. The number of benzene rings is 2. The Bertz CT molecular complexity index is 1260. The van der Waals surface area contributed by atoms with Crippen molar-refractivity contribution in [2.75, 3.05) is 38.0 Å². The molecular formula is C32H53Cl4N8O3-3. The van der Waals surface area contributed by atoms with Crippen LogP contribution in [0.1, 0.15) is 47.1 Å². The van der Waals surface area contributed by atoms with Crippen LogP contribution in [0.25, 0.3) is 10.9 Å². The van der Waals surface area contributed by atoms with Crippen molar-refractivity contribution in [1.29, 1.82) is 0 Å². The summed E-state index contributed by atoms with van der Waals surface area (Å²) in [5.74, 6) is -0.746. The van der Waals surface area contributed by atoms with Crippen molar-refractivity contribution in [1.82, 2.24) is 15.5 Å². The summed E-state index contributed by atoms with van der Waals surface area (Å²) in [6, 6.07) is 17.5. The van der Waals surface area contributed by atoms with Crippen molar-refractivity contribution < 1.29 is 69.0 Å². The minimum Gasteiger partial charge on any atom is -1.00 e. The summed E-state index contributed by atoms with van der Waals surface area (Å²) in [4.78, 5) is 43.2. The van der Waals surface area contributed by atoms with Crippen LogP contribution in [0.3, 0.4) is 0 Å². The summed E-state index contributed by atoms with van der Waals surface area (Å²) in [7, 11) is 0. The molecule has 0 saturated carbocycles. The second-order valence-electron chi connectivity index (χ2n) is 9.60. The molecule has 11 nitrogen and oxygen atoms in total. The number of nitrogens with one attached hydrogen (secondary N) is 4. The molecule has 0 radical (unpaired) electrons. The van der Waals surface area contributed by atoms with E-state index in [1.54, 1.807) is 11.1 Å². The lowest BCUT2D eigenvalue weighted by Gasteiger charge is -2.22. The fourth-order valence-corrected chi connectivity index (χ4v) is 4.31. The van der Waals surface area contributed by atoms with Gasteiger partial charge < -0.3 is 87.7 Å². The zero-order valence-electron chi connectivity index (χ0n) is 24.3. The van der Waals surface area contributed by atoms with E-state index in [0.29, 0.717) is 64.1 Å². The lowest BCUT2D eigenvalue weighted by Crippen LogP contribution is -3.00. The molecular weight excluding hydrogens is 686 g/mol. The number of H-pyrrole nitrogens is 1. The highest BCUT2D eigenvalue weighted by Gasteiger charge is 2.24. The van der Waals surface area contributed by atoms with Crippen LogP contribution in [0.15, 0.2) is 66.9 Å². The number of halogens is 4. The quantitative estimate of drug-likeness (QED) is 0.0843. The number of hydrogen-bond donors (Lipinski definition) is 6. The molecule has 47 heavy (non-hydrogen) atoms. The lowest BCUT2D eigenvalue weighted by molar-refractivity contribution is -0.343. The predicted octanol–water partition coefficient (Wildman–Crippen LogP) is -9.33. The molecule has 2 aromatic carbocycles. The number of aromatic nitrogens is 1. The number of amides is 4.